The molecule has 4 saturated heterocycles. The first-order chi connectivity index (χ1) is 66.4. The van der Waals surface area contributed by atoms with Gasteiger partial charge < -0.3 is 0 Å². The smallest absolute Gasteiger partial charge is 0.245 e. The summed E-state index contributed by atoms with van der Waals surface area (Å²) in [6, 6.07) is 8.93. The van der Waals surface area contributed by atoms with Gasteiger partial charge in [0.25, 0.3) is 0 Å². The zero-order valence-corrected chi connectivity index (χ0v) is 81.7. The number of hydrogen-bond donors (Lipinski definition) is 0. The molecule has 0 saturated carbocycles. The number of rotatable bonds is 28. The number of carbonyl (C=O) groups excluding carboxylic acids is 4. The lowest BCUT2D eigenvalue weighted by molar-refractivity contribution is -0.123. The third-order valence-corrected chi connectivity index (χ3v) is 33.0. The Labute approximate surface area is 818 Å². The molecule has 0 N–H and O–H groups in total. The van der Waals surface area contributed by atoms with Gasteiger partial charge in [-0.15, -0.1) is 0 Å². The summed E-state index contributed by atoms with van der Waals surface area (Å²) in [5.41, 5.74) is 10.8. The zero-order chi connectivity index (χ0) is 101. The predicted molar refractivity (Wildman–Crippen MR) is 508 cm³/mol. The lowest BCUT2D eigenvalue weighted by atomic mass is 9.99. The fourth-order valence-electron chi connectivity index (χ4n) is 16.7. The van der Waals surface area contributed by atoms with Gasteiger partial charge in [0.15, 0.2) is 23.1 Å². The van der Waals surface area contributed by atoms with Crippen molar-refractivity contribution in [2.75, 3.05) is 0 Å². The van der Waals surface area contributed by atoms with Crippen molar-refractivity contribution in [1.29, 1.82) is 5.26 Å². The summed E-state index contributed by atoms with van der Waals surface area (Å²) in [6.45, 7) is 18.5. The Bertz CT molecular complexity index is 7080. The molecule has 0 radical (unpaired) electrons. The standard InChI is InChI=1S/C25H25FN6O3S.C24H25ClFN5O3S.C24H25F2N5O3S.C23H23F2N5O3S.CH4/c1-15-11-31-23(19-12-28-17(3)29-13-19)8-18(15)4-7-25(33)24-9-22(26)16(2)32(24)36(34,35)21-6-5-20(10-27)30-14-21;1-14-10-29-21(18-11-27-16(3)28-12-18)8-17(14)4-6-23(32)22-9-20(26)15(2)31(22)35(33,34)19-5-7-24(25)30-13-19;1-14-9-30-22(18-10-28-16(3)29-11-18)6-17(14)4-5-24(32)23-8-21(26)15(2)31(23)35(33,34)20-7-19(25)12-27-13-20;1-14-19(24)10-22(30(14)34(32,33)18-5-7-26-8-6-18)23(31)4-3-16-9-21(29-13-20(16)25)17-11-27-15(2)28-12-17;/h5-6,8,11-14,16,22,24H,4,7,9H2,1-3H3;5,7-8,10-13,15,20,22H,4,6,9H2,1-3H3;6-7,9-13,15,21,23H,4-5,8H2,1-3H3;5-9,11-14,19,22H,3-4,10H2,1-2H3;1H4/t16-,22+,24-;15-,20+,22-;15-,21+,23-;14-,19+,22-;/m0000./s1. The van der Waals surface area contributed by atoms with Crippen LogP contribution >= 0.6 is 11.6 Å². The highest BCUT2D eigenvalue weighted by atomic mass is 35.5. The number of aryl methyl sites for hydroxylation is 11. The van der Waals surface area contributed by atoms with Crippen molar-refractivity contribution in [1.82, 2.24) is 97.0 Å². The lowest BCUT2D eigenvalue weighted by Crippen LogP contribution is -2.44. The van der Waals surface area contributed by atoms with E-state index in [0.29, 0.717) is 70.9 Å². The molecule has 44 heteroatoms. The summed E-state index contributed by atoms with van der Waals surface area (Å²) < 4.78 is 196. The number of nitrogens with zero attached hydrogens (tertiary/aromatic N) is 21. The summed E-state index contributed by atoms with van der Waals surface area (Å²) >= 11 is 5.78. The molecule has 12 aromatic rings. The minimum absolute atomic E-state index is 0. The molecule has 16 heterocycles. The molecule has 16 rings (SSSR count). The number of sulfonamides is 4. The molecular formula is C97H102ClF6N21O12S4. The van der Waals surface area contributed by atoms with Gasteiger partial charge in [0, 0.05) is 173 Å². The van der Waals surface area contributed by atoms with Crippen molar-refractivity contribution >= 4 is 74.8 Å². The molecule has 141 heavy (non-hydrogen) atoms. The second-order valence-electron chi connectivity index (χ2n) is 34.3. The van der Waals surface area contributed by atoms with Crippen LogP contribution in [0.25, 0.3) is 45.0 Å². The first kappa shape index (κ1) is 107. The monoisotopic (exact) mass is 2030 g/mol. The van der Waals surface area contributed by atoms with Gasteiger partial charge in [-0.25, -0.2) is 110 Å². The number of halogens is 7. The Balaban J connectivity index is 0.000000168. The Hall–Kier alpha value is -12.8. The van der Waals surface area contributed by atoms with E-state index in [4.69, 9.17) is 16.9 Å². The van der Waals surface area contributed by atoms with Gasteiger partial charge in [0.05, 0.1) is 88.4 Å². The molecule has 4 fully saturated rings. The molecule has 0 unspecified atom stereocenters. The number of ketones is 4. The SMILES string of the molecule is C.Cc1ncc(-c2cc(CCC(=O)[C@@H]3C[C@@H](F)[C@H](C)N3S(=O)(=O)c3ccc(C#N)nc3)c(C)cn2)cn1.Cc1ncc(-c2cc(CCC(=O)[C@@H]3C[C@@H](F)[C@H](C)N3S(=O)(=O)c3ccc(Cl)nc3)c(C)cn2)cn1.Cc1ncc(-c2cc(CCC(=O)[C@@H]3C[C@@H](F)[C@H](C)N3S(=O)(=O)c3ccncc3)c(F)cn2)cn1.Cc1ncc(-c2cc(CCC(=O)[C@@H]3C[C@@H](F)[C@H](C)N3S(=O)(=O)c3cncc(F)c3)c(C)cn2)cn1. The van der Waals surface area contributed by atoms with Gasteiger partial charge in [-0.1, -0.05) is 19.0 Å². The molecule has 740 valence electrons. The number of hydrogen-bond acceptors (Lipinski definition) is 29. The number of pyridine rings is 8. The average Bonchev–Trinajstić information content (AvgIpc) is 1.63. The maximum atomic E-state index is 14.7. The van der Waals surface area contributed by atoms with E-state index in [1.165, 1.54) is 82.6 Å². The van der Waals surface area contributed by atoms with Gasteiger partial charge in [-0.05, 0) is 208 Å². The molecule has 4 aliphatic rings. The maximum absolute atomic E-state index is 14.7. The fraction of sp³-hybridized carbons (Fsp3) is 0.371. The van der Waals surface area contributed by atoms with Crippen molar-refractivity contribution < 1.29 is 79.2 Å². The van der Waals surface area contributed by atoms with Crippen molar-refractivity contribution in [3.63, 3.8) is 0 Å². The number of aromatic nitrogens is 16. The van der Waals surface area contributed by atoms with Crippen LogP contribution in [0.1, 0.15) is 154 Å². The quantitative estimate of drug-likeness (QED) is 0.0324. The van der Waals surface area contributed by atoms with Crippen molar-refractivity contribution in [3.05, 3.63) is 263 Å². The van der Waals surface area contributed by atoms with Crippen LogP contribution in [0.15, 0.2) is 198 Å². The van der Waals surface area contributed by atoms with Crippen LogP contribution in [0.5, 0.6) is 0 Å². The topological polar surface area (TPSA) is 448 Å². The molecular weight excluding hydrogens is 1930 g/mol. The lowest BCUT2D eigenvalue weighted by Gasteiger charge is -2.26. The van der Waals surface area contributed by atoms with Gasteiger partial charge in [-0.3, -0.25) is 49.1 Å². The third kappa shape index (κ3) is 24.9. The van der Waals surface area contributed by atoms with Gasteiger partial charge >= 0.3 is 0 Å². The molecule has 4 aliphatic heterocycles. The van der Waals surface area contributed by atoms with E-state index in [1.54, 1.807) is 95.9 Å². The first-order valence-electron chi connectivity index (χ1n) is 44.4. The van der Waals surface area contributed by atoms with E-state index >= 15 is 0 Å². The Kier molecular flexibility index (Phi) is 34.8. The summed E-state index contributed by atoms with van der Waals surface area (Å²) in [6.07, 6.45) is 20.3. The van der Waals surface area contributed by atoms with Crippen molar-refractivity contribution in [2.24, 2.45) is 0 Å². The molecule has 0 aliphatic carbocycles. The maximum Gasteiger partial charge on any atom is 0.245 e. The summed E-state index contributed by atoms with van der Waals surface area (Å²) in [5, 5.41) is 9.06. The van der Waals surface area contributed by atoms with E-state index in [9.17, 15) is 79.2 Å². The Morgan fingerprint density at radius 2 is 0.652 bits per heavy atom. The van der Waals surface area contributed by atoms with E-state index in [1.807, 2.05) is 45.0 Å². The number of carbonyl (C=O) groups is 4. The van der Waals surface area contributed by atoms with Crippen LogP contribution in [0, 0.1) is 71.4 Å². The van der Waals surface area contributed by atoms with E-state index < -0.39 is 141 Å². The highest BCUT2D eigenvalue weighted by Crippen LogP contribution is 2.41. The minimum atomic E-state index is -4.33. The summed E-state index contributed by atoms with van der Waals surface area (Å²) in [7, 11) is -16.8. The number of nitriles is 1. The summed E-state index contributed by atoms with van der Waals surface area (Å²) in [5.74, 6) is -0.473. The normalized spacial score (nSPS) is 20.5. The van der Waals surface area contributed by atoms with Gasteiger partial charge in [0.1, 0.15) is 91.2 Å². The Morgan fingerprint density at radius 3 is 0.957 bits per heavy atom. The predicted octanol–water partition coefficient (Wildman–Crippen LogP) is 14.1. The molecule has 0 bridgehead atoms. The van der Waals surface area contributed by atoms with Crippen LogP contribution in [-0.4, -0.2) is 227 Å². The highest BCUT2D eigenvalue weighted by molar-refractivity contribution is 7.90. The first-order valence-corrected chi connectivity index (χ1v) is 50.6. The van der Waals surface area contributed by atoms with Crippen LogP contribution in [0.2, 0.25) is 5.15 Å². The van der Waals surface area contributed by atoms with E-state index in [0.717, 1.165) is 104 Å². The van der Waals surface area contributed by atoms with Crippen molar-refractivity contribution in [3.8, 4) is 51.1 Å². The molecule has 0 spiro atoms. The second kappa shape index (κ2) is 45.9. The average molecular weight is 2030 g/mol. The molecule has 12 atom stereocenters. The molecule has 33 nitrogen and oxygen atoms in total. The zero-order valence-electron chi connectivity index (χ0n) is 77.7. The fourth-order valence-corrected chi connectivity index (χ4v) is 24.0. The molecule has 0 aromatic carbocycles. The van der Waals surface area contributed by atoms with Crippen LogP contribution in [0.4, 0.5) is 26.3 Å². The second-order valence-corrected chi connectivity index (χ2v) is 42.1. The minimum Gasteiger partial charge on any atom is -0.298 e. The number of alkyl halides is 4. The molecule has 12 aromatic heterocycles. The van der Waals surface area contributed by atoms with E-state index in [-0.39, 0.29) is 108 Å². The number of Topliss-reactive ketones (excluding diaryl/α,β-unsaturated/α-hetero) is 4. The van der Waals surface area contributed by atoms with Crippen LogP contribution in [-0.2, 0) is 85.0 Å². The molecule has 0 amide bonds. The van der Waals surface area contributed by atoms with Crippen molar-refractivity contribution in [2.45, 2.75) is 253 Å². The largest absolute Gasteiger partial charge is 0.298 e. The van der Waals surface area contributed by atoms with E-state index in [2.05, 4.69) is 79.7 Å². The van der Waals surface area contributed by atoms with Crippen LogP contribution in [0.3, 0.4) is 0 Å². The third-order valence-electron chi connectivity index (χ3n) is 24.8. The van der Waals surface area contributed by atoms with Gasteiger partial charge in [-0.2, -0.15) is 22.5 Å². The van der Waals surface area contributed by atoms with Gasteiger partial charge in [0.2, 0.25) is 40.1 Å². The highest BCUT2D eigenvalue weighted by Gasteiger charge is 2.53. The Morgan fingerprint density at radius 1 is 0.355 bits per heavy atom. The summed E-state index contributed by atoms with van der Waals surface area (Å²) in [4.78, 5) is 118. The van der Waals surface area contributed by atoms with Crippen LogP contribution < -0.4 is 0 Å².